The predicted octanol–water partition coefficient (Wildman–Crippen LogP) is 1.57. The Bertz CT molecular complexity index is 259. The molecule has 1 aromatic heterocycles. The minimum Gasteiger partial charge on any atom is -0.469 e. The van der Waals surface area contributed by atoms with Crippen molar-refractivity contribution in [2.75, 3.05) is 5.88 Å². The number of hydrogen-bond acceptors (Lipinski definition) is 2. The van der Waals surface area contributed by atoms with E-state index in [9.17, 15) is 4.79 Å². The second-order valence-corrected chi connectivity index (χ2v) is 3.15. The Kier molecular flexibility index (Phi) is 3.83. The van der Waals surface area contributed by atoms with Crippen molar-refractivity contribution < 1.29 is 9.21 Å². The van der Waals surface area contributed by atoms with E-state index in [1.54, 1.807) is 6.26 Å². The number of hydrogen-bond donors (Lipinski definition) is 1. The number of furan rings is 1. The largest absolute Gasteiger partial charge is 0.469 e. The minimum atomic E-state index is -0.152. The molecule has 1 amide bonds. The summed E-state index contributed by atoms with van der Waals surface area (Å²) in [5.74, 6) is 0.714. The highest BCUT2D eigenvalue weighted by Crippen LogP contribution is 2.03. The summed E-state index contributed by atoms with van der Waals surface area (Å²) in [5, 5.41) is 2.74. The lowest BCUT2D eigenvalue weighted by Crippen LogP contribution is -2.34. The van der Waals surface area contributed by atoms with Gasteiger partial charge in [-0.1, -0.05) is 0 Å². The number of carbonyl (C=O) groups excluding carboxylic acids is 1. The third-order valence-corrected chi connectivity index (χ3v) is 1.86. The van der Waals surface area contributed by atoms with E-state index in [4.69, 9.17) is 16.0 Å². The van der Waals surface area contributed by atoms with E-state index < -0.39 is 0 Å². The molecule has 0 bridgehead atoms. The lowest BCUT2D eigenvalue weighted by atomic mass is 10.2. The van der Waals surface area contributed by atoms with Gasteiger partial charge in [-0.15, -0.1) is 11.6 Å². The molecule has 4 heteroatoms. The number of rotatable bonds is 4. The average molecular weight is 202 g/mol. The Labute approximate surface area is 82.1 Å². The van der Waals surface area contributed by atoms with Crippen molar-refractivity contribution >= 4 is 17.5 Å². The molecule has 3 nitrogen and oxygen atoms in total. The zero-order valence-electron chi connectivity index (χ0n) is 7.42. The van der Waals surface area contributed by atoms with Gasteiger partial charge in [-0.3, -0.25) is 4.79 Å². The quantitative estimate of drug-likeness (QED) is 0.752. The van der Waals surface area contributed by atoms with Crippen molar-refractivity contribution in [3.05, 3.63) is 24.2 Å². The van der Waals surface area contributed by atoms with Gasteiger partial charge in [-0.05, 0) is 19.1 Å². The summed E-state index contributed by atoms with van der Waals surface area (Å²) in [7, 11) is 0. The first kappa shape index (κ1) is 10.1. The highest BCUT2D eigenvalue weighted by Gasteiger charge is 2.07. The van der Waals surface area contributed by atoms with Crippen LogP contribution in [0.1, 0.15) is 12.7 Å². The zero-order chi connectivity index (χ0) is 9.68. The highest BCUT2D eigenvalue weighted by molar-refractivity contribution is 6.27. The third kappa shape index (κ3) is 3.51. The molecule has 0 aromatic carbocycles. The maximum absolute atomic E-state index is 10.9. The van der Waals surface area contributed by atoms with E-state index in [0.29, 0.717) is 6.42 Å². The smallest absolute Gasteiger partial charge is 0.235 e. The third-order valence-electron chi connectivity index (χ3n) is 1.62. The number of amides is 1. The van der Waals surface area contributed by atoms with Crippen molar-refractivity contribution in [3.63, 3.8) is 0 Å². The Morgan fingerprint density at radius 1 is 1.77 bits per heavy atom. The summed E-state index contributed by atoms with van der Waals surface area (Å²) in [4.78, 5) is 10.9. The molecule has 0 saturated heterocycles. The normalized spacial score (nSPS) is 12.5. The second-order valence-electron chi connectivity index (χ2n) is 2.89. The molecule has 0 fully saturated rings. The molecule has 1 N–H and O–H groups in total. The molecule has 0 aliphatic rings. The van der Waals surface area contributed by atoms with Crippen LogP contribution in [0.4, 0.5) is 0 Å². The highest BCUT2D eigenvalue weighted by atomic mass is 35.5. The fourth-order valence-corrected chi connectivity index (χ4v) is 1.17. The molecular weight excluding hydrogens is 190 g/mol. The van der Waals surface area contributed by atoms with E-state index >= 15 is 0 Å². The van der Waals surface area contributed by atoms with Crippen molar-refractivity contribution in [1.29, 1.82) is 0 Å². The van der Waals surface area contributed by atoms with Crippen LogP contribution in [0.5, 0.6) is 0 Å². The van der Waals surface area contributed by atoms with Gasteiger partial charge in [0.05, 0.1) is 6.26 Å². The monoisotopic (exact) mass is 201 g/mol. The first-order chi connectivity index (χ1) is 6.22. The Balaban J connectivity index is 2.33. The first-order valence-electron chi connectivity index (χ1n) is 4.10. The summed E-state index contributed by atoms with van der Waals surface area (Å²) < 4.78 is 5.14. The van der Waals surface area contributed by atoms with Gasteiger partial charge in [0.15, 0.2) is 0 Å². The van der Waals surface area contributed by atoms with Crippen molar-refractivity contribution in [1.82, 2.24) is 5.32 Å². The predicted molar refractivity (Wildman–Crippen MR) is 50.7 cm³/mol. The van der Waals surface area contributed by atoms with Gasteiger partial charge in [-0.2, -0.15) is 0 Å². The van der Waals surface area contributed by atoms with Crippen molar-refractivity contribution in [2.24, 2.45) is 0 Å². The molecule has 1 atom stereocenters. The number of nitrogens with one attached hydrogen (secondary N) is 1. The van der Waals surface area contributed by atoms with Gasteiger partial charge < -0.3 is 9.73 Å². The molecule has 13 heavy (non-hydrogen) atoms. The minimum absolute atomic E-state index is 0.00247. The molecule has 1 heterocycles. The maximum atomic E-state index is 10.9. The van der Waals surface area contributed by atoms with E-state index in [1.165, 1.54) is 0 Å². The molecule has 0 radical (unpaired) electrons. The summed E-state index contributed by atoms with van der Waals surface area (Å²) in [5.41, 5.74) is 0. The Hall–Kier alpha value is -0.960. The van der Waals surface area contributed by atoms with E-state index in [1.807, 2.05) is 19.1 Å². The molecule has 0 saturated carbocycles. The second kappa shape index (κ2) is 4.92. The van der Waals surface area contributed by atoms with E-state index in [0.717, 1.165) is 5.76 Å². The van der Waals surface area contributed by atoms with Crippen LogP contribution in [0.15, 0.2) is 22.8 Å². The number of carbonyl (C=O) groups is 1. The van der Waals surface area contributed by atoms with E-state index in [-0.39, 0.29) is 17.8 Å². The van der Waals surface area contributed by atoms with Crippen LogP contribution in [0, 0.1) is 0 Å². The van der Waals surface area contributed by atoms with Crippen LogP contribution < -0.4 is 5.32 Å². The SMILES string of the molecule is CC(Cc1ccco1)NC(=O)CCl. The molecule has 0 aliphatic carbocycles. The molecular formula is C9H12ClNO2. The van der Waals surface area contributed by atoms with Crippen LogP contribution in [0.2, 0.25) is 0 Å². The lowest BCUT2D eigenvalue weighted by molar-refractivity contribution is -0.119. The standard InChI is InChI=1S/C9H12ClNO2/c1-7(11-9(12)6-10)5-8-3-2-4-13-8/h2-4,7H,5-6H2,1H3,(H,11,12). The van der Waals surface area contributed by atoms with Crippen LogP contribution in [-0.2, 0) is 11.2 Å². The van der Waals surface area contributed by atoms with E-state index in [2.05, 4.69) is 5.32 Å². The van der Waals surface area contributed by atoms with Gasteiger partial charge in [0.1, 0.15) is 11.6 Å². The first-order valence-corrected chi connectivity index (χ1v) is 4.63. The lowest BCUT2D eigenvalue weighted by Gasteiger charge is -2.10. The number of halogens is 1. The fraction of sp³-hybridized carbons (Fsp3) is 0.444. The fourth-order valence-electron chi connectivity index (χ4n) is 1.09. The number of alkyl halides is 1. The maximum Gasteiger partial charge on any atom is 0.235 e. The van der Waals surface area contributed by atoms with Crippen LogP contribution >= 0.6 is 11.6 Å². The van der Waals surface area contributed by atoms with Gasteiger partial charge in [-0.25, -0.2) is 0 Å². The average Bonchev–Trinajstić information content (AvgIpc) is 2.56. The summed E-state index contributed by atoms with van der Waals surface area (Å²) in [6, 6.07) is 3.76. The van der Waals surface area contributed by atoms with Crippen LogP contribution in [-0.4, -0.2) is 17.8 Å². The van der Waals surface area contributed by atoms with Gasteiger partial charge in [0.25, 0.3) is 0 Å². The van der Waals surface area contributed by atoms with Gasteiger partial charge >= 0.3 is 0 Å². The molecule has 0 spiro atoms. The molecule has 72 valence electrons. The summed E-state index contributed by atoms with van der Waals surface area (Å²) >= 11 is 5.34. The molecule has 1 rings (SSSR count). The van der Waals surface area contributed by atoms with Crippen molar-refractivity contribution in [3.8, 4) is 0 Å². The molecule has 1 aromatic rings. The topological polar surface area (TPSA) is 42.2 Å². The zero-order valence-corrected chi connectivity index (χ0v) is 8.17. The van der Waals surface area contributed by atoms with Crippen LogP contribution in [0.3, 0.4) is 0 Å². The Morgan fingerprint density at radius 3 is 3.08 bits per heavy atom. The molecule has 1 unspecified atom stereocenters. The Morgan fingerprint density at radius 2 is 2.54 bits per heavy atom. The van der Waals surface area contributed by atoms with Gasteiger partial charge in [0.2, 0.25) is 5.91 Å². The van der Waals surface area contributed by atoms with Gasteiger partial charge in [0, 0.05) is 12.5 Å². The summed E-state index contributed by atoms with van der Waals surface area (Å²) in [6.45, 7) is 1.91. The van der Waals surface area contributed by atoms with Crippen molar-refractivity contribution in [2.45, 2.75) is 19.4 Å². The molecule has 0 aliphatic heterocycles. The summed E-state index contributed by atoms with van der Waals surface area (Å²) in [6.07, 6.45) is 2.31. The van der Waals surface area contributed by atoms with Crippen LogP contribution in [0.25, 0.3) is 0 Å².